The fourth-order valence-electron chi connectivity index (χ4n) is 0.424. The third kappa shape index (κ3) is 4.36. The highest BCUT2D eigenvalue weighted by atomic mass is 16.6. The summed E-state index contributed by atoms with van der Waals surface area (Å²) in [5.41, 5.74) is 0.0544. The number of nitrogens with zero attached hydrogens (tertiary/aromatic N) is 1. The second kappa shape index (κ2) is 4.71. The Bertz CT molecular complexity index is 163. The monoisotopic (exact) mass is 159 g/mol. The van der Waals surface area contributed by atoms with E-state index in [1.54, 1.807) is 20.8 Å². The predicted octanol–water partition coefficient (Wildman–Crippen LogP) is 1.26. The van der Waals surface area contributed by atoms with Gasteiger partial charge in [0.15, 0.2) is 5.71 Å². The summed E-state index contributed by atoms with van der Waals surface area (Å²) in [6.07, 6.45) is 0.304. The minimum absolute atomic E-state index is 0.0544. The summed E-state index contributed by atoms with van der Waals surface area (Å²) in [6, 6.07) is 0. The van der Waals surface area contributed by atoms with E-state index in [2.05, 4.69) is 5.16 Å². The van der Waals surface area contributed by atoms with E-state index in [0.717, 1.165) is 0 Å². The molecular formula is C7H13NO3. The fourth-order valence-corrected chi connectivity index (χ4v) is 0.424. The number of carbonyl (C=O) groups is 1. The highest BCUT2D eigenvalue weighted by molar-refractivity contribution is 6.35. The van der Waals surface area contributed by atoms with Crippen molar-refractivity contribution in [1.29, 1.82) is 0 Å². The highest BCUT2D eigenvalue weighted by Crippen LogP contribution is 1.92. The van der Waals surface area contributed by atoms with E-state index in [-0.39, 0.29) is 11.8 Å². The minimum Gasteiger partial charge on any atom is -0.477 e. The van der Waals surface area contributed by atoms with Crippen LogP contribution in [-0.4, -0.2) is 22.9 Å². The molecule has 0 spiro atoms. The van der Waals surface area contributed by atoms with E-state index >= 15 is 0 Å². The Morgan fingerprint density at radius 1 is 1.64 bits per heavy atom. The molecule has 4 nitrogen and oxygen atoms in total. The van der Waals surface area contributed by atoms with Gasteiger partial charge in [0, 0.05) is 0 Å². The van der Waals surface area contributed by atoms with E-state index < -0.39 is 5.97 Å². The lowest BCUT2D eigenvalue weighted by Crippen LogP contribution is -2.13. The smallest absolute Gasteiger partial charge is 0.353 e. The van der Waals surface area contributed by atoms with Crippen LogP contribution in [0.25, 0.3) is 0 Å². The van der Waals surface area contributed by atoms with Crippen LogP contribution in [0.15, 0.2) is 5.16 Å². The first-order valence-electron chi connectivity index (χ1n) is 3.53. The van der Waals surface area contributed by atoms with Gasteiger partial charge in [-0.25, -0.2) is 4.79 Å². The van der Waals surface area contributed by atoms with E-state index in [9.17, 15) is 4.79 Å². The Morgan fingerprint density at radius 3 is 2.45 bits per heavy atom. The van der Waals surface area contributed by atoms with Crippen molar-refractivity contribution in [3.63, 3.8) is 0 Å². The largest absolute Gasteiger partial charge is 0.477 e. The van der Waals surface area contributed by atoms with Crippen molar-refractivity contribution in [3.8, 4) is 0 Å². The van der Waals surface area contributed by atoms with Crippen LogP contribution in [0.1, 0.15) is 27.2 Å². The minimum atomic E-state index is -1.02. The standard InChI is InChI=1S/C7H13NO3/c1-4-6(7(9)10)8-11-5(2)3/h5H,4H2,1-3H3,(H,9,10). The molecule has 1 N–H and O–H groups in total. The number of hydrogen-bond acceptors (Lipinski definition) is 3. The molecule has 0 aromatic rings. The van der Waals surface area contributed by atoms with Crippen molar-refractivity contribution in [1.82, 2.24) is 0 Å². The van der Waals surface area contributed by atoms with E-state index in [1.807, 2.05) is 0 Å². The van der Waals surface area contributed by atoms with Gasteiger partial charge in [-0.1, -0.05) is 12.1 Å². The molecule has 0 aromatic heterocycles. The van der Waals surface area contributed by atoms with Crippen LogP contribution < -0.4 is 0 Å². The molecule has 0 bridgehead atoms. The lowest BCUT2D eigenvalue weighted by Gasteiger charge is -2.02. The quantitative estimate of drug-likeness (QED) is 0.496. The zero-order valence-electron chi connectivity index (χ0n) is 7.00. The number of carboxylic acid groups (broad SMARTS) is 1. The Hall–Kier alpha value is -1.06. The Labute approximate surface area is 65.8 Å². The maximum Gasteiger partial charge on any atom is 0.353 e. The maximum atomic E-state index is 10.3. The summed E-state index contributed by atoms with van der Waals surface area (Å²) >= 11 is 0. The van der Waals surface area contributed by atoms with Gasteiger partial charge < -0.3 is 9.94 Å². The lowest BCUT2D eigenvalue weighted by molar-refractivity contribution is -0.129. The summed E-state index contributed by atoms with van der Waals surface area (Å²) in [5, 5.41) is 11.9. The normalized spacial score (nSPS) is 11.8. The molecule has 0 heterocycles. The highest BCUT2D eigenvalue weighted by Gasteiger charge is 2.06. The second-order valence-corrected chi connectivity index (χ2v) is 2.35. The number of hydrogen-bond donors (Lipinski definition) is 1. The van der Waals surface area contributed by atoms with Crippen molar-refractivity contribution < 1.29 is 14.7 Å². The third-order valence-corrected chi connectivity index (χ3v) is 0.955. The van der Waals surface area contributed by atoms with Gasteiger partial charge in [0.2, 0.25) is 0 Å². The molecule has 0 rings (SSSR count). The molecular weight excluding hydrogens is 146 g/mol. The molecule has 0 aliphatic rings. The first-order valence-corrected chi connectivity index (χ1v) is 3.53. The van der Waals surface area contributed by atoms with Crippen LogP contribution >= 0.6 is 0 Å². The molecule has 0 aliphatic heterocycles. The number of oxime groups is 1. The maximum absolute atomic E-state index is 10.3. The topological polar surface area (TPSA) is 58.9 Å². The Morgan fingerprint density at radius 2 is 2.18 bits per heavy atom. The van der Waals surface area contributed by atoms with Crippen molar-refractivity contribution in [3.05, 3.63) is 0 Å². The Balaban J connectivity index is 4.02. The summed E-state index contributed by atoms with van der Waals surface area (Å²) in [5.74, 6) is -1.02. The average Bonchev–Trinajstić information content (AvgIpc) is 1.87. The van der Waals surface area contributed by atoms with E-state index in [4.69, 9.17) is 9.94 Å². The van der Waals surface area contributed by atoms with Gasteiger partial charge in [0.25, 0.3) is 0 Å². The third-order valence-electron chi connectivity index (χ3n) is 0.955. The number of carboxylic acids is 1. The molecule has 0 unspecified atom stereocenters. The average molecular weight is 159 g/mol. The molecule has 11 heavy (non-hydrogen) atoms. The molecule has 0 amide bonds. The molecule has 0 aromatic carbocycles. The van der Waals surface area contributed by atoms with Gasteiger partial charge >= 0.3 is 5.97 Å². The number of rotatable bonds is 4. The zero-order valence-corrected chi connectivity index (χ0v) is 7.00. The predicted molar refractivity (Wildman–Crippen MR) is 41.6 cm³/mol. The molecule has 4 heteroatoms. The van der Waals surface area contributed by atoms with Crippen molar-refractivity contribution in [2.75, 3.05) is 0 Å². The van der Waals surface area contributed by atoms with E-state index in [0.29, 0.717) is 6.42 Å². The summed E-state index contributed by atoms with van der Waals surface area (Å²) in [6.45, 7) is 5.30. The van der Waals surface area contributed by atoms with E-state index in [1.165, 1.54) is 0 Å². The van der Waals surface area contributed by atoms with Crippen LogP contribution in [0.4, 0.5) is 0 Å². The molecule has 0 saturated carbocycles. The Kier molecular flexibility index (Phi) is 4.26. The van der Waals surface area contributed by atoms with Gasteiger partial charge in [0.05, 0.1) is 0 Å². The van der Waals surface area contributed by atoms with Crippen molar-refractivity contribution in [2.24, 2.45) is 5.16 Å². The van der Waals surface area contributed by atoms with Gasteiger partial charge in [-0.3, -0.25) is 0 Å². The fraction of sp³-hybridized carbons (Fsp3) is 0.714. The molecule has 0 fully saturated rings. The second-order valence-electron chi connectivity index (χ2n) is 2.35. The van der Waals surface area contributed by atoms with Gasteiger partial charge in [-0.15, -0.1) is 0 Å². The molecule has 0 aliphatic carbocycles. The summed E-state index contributed by atoms with van der Waals surface area (Å²) < 4.78 is 0. The number of aliphatic carboxylic acids is 1. The molecule has 0 radical (unpaired) electrons. The van der Waals surface area contributed by atoms with Crippen LogP contribution in [0.2, 0.25) is 0 Å². The molecule has 0 atom stereocenters. The SMILES string of the molecule is CCC(=NOC(C)C)C(=O)O. The van der Waals surface area contributed by atoms with Crippen LogP contribution in [-0.2, 0) is 9.63 Å². The summed E-state index contributed by atoms with van der Waals surface area (Å²) in [4.78, 5) is 15.1. The van der Waals surface area contributed by atoms with Gasteiger partial charge in [-0.05, 0) is 20.3 Å². The zero-order chi connectivity index (χ0) is 8.85. The molecule has 0 saturated heterocycles. The van der Waals surface area contributed by atoms with Crippen molar-refractivity contribution >= 4 is 11.7 Å². The van der Waals surface area contributed by atoms with Crippen molar-refractivity contribution in [2.45, 2.75) is 33.3 Å². The van der Waals surface area contributed by atoms with Gasteiger partial charge in [-0.2, -0.15) is 0 Å². The first-order chi connectivity index (χ1) is 5.07. The van der Waals surface area contributed by atoms with Crippen LogP contribution in [0.5, 0.6) is 0 Å². The van der Waals surface area contributed by atoms with Gasteiger partial charge in [0.1, 0.15) is 6.10 Å². The lowest BCUT2D eigenvalue weighted by atomic mass is 10.3. The van der Waals surface area contributed by atoms with Crippen LogP contribution in [0.3, 0.4) is 0 Å². The first kappa shape index (κ1) is 9.94. The molecule has 64 valence electrons. The summed E-state index contributed by atoms with van der Waals surface area (Å²) in [7, 11) is 0. The van der Waals surface area contributed by atoms with Crippen LogP contribution in [0, 0.1) is 0 Å².